The van der Waals surface area contributed by atoms with Crippen LogP contribution in [0.1, 0.15) is 5.56 Å². The number of hydrogen-bond donors (Lipinski definition) is 1. The molecule has 3 rings (SSSR count). The maximum atomic E-state index is 12.0. The van der Waals surface area contributed by atoms with Crippen LogP contribution in [0.2, 0.25) is 0 Å². The van der Waals surface area contributed by atoms with Gasteiger partial charge in [0.15, 0.2) is 0 Å². The molecule has 0 radical (unpaired) electrons. The monoisotopic (exact) mass is 371 g/mol. The van der Waals surface area contributed by atoms with E-state index in [4.69, 9.17) is 4.74 Å². The number of amides is 1. The lowest BCUT2D eigenvalue weighted by Crippen LogP contribution is -2.13. The normalized spacial score (nSPS) is 10.4. The van der Waals surface area contributed by atoms with Crippen LogP contribution in [0, 0.1) is 0 Å². The molecule has 0 aliphatic carbocycles. The fraction of sp³-hybridized carbons (Fsp3) is 0.167. The van der Waals surface area contributed by atoms with Crippen LogP contribution in [-0.4, -0.2) is 29.0 Å². The number of ether oxygens (including phenoxy) is 1. The maximum absolute atomic E-state index is 12.0. The molecule has 7 heteroatoms. The second kappa shape index (κ2) is 8.64. The van der Waals surface area contributed by atoms with Crippen LogP contribution >= 0.6 is 23.1 Å². The van der Waals surface area contributed by atoms with Crippen LogP contribution in [0.4, 0.5) is 5.13 Å². The lowest BCUT2D eigenvalue weighted by Gasteiger charge is -2.04. The summed E-state index contributed by atoms with van der Waals surface area (Å²) in [7, 11) is 1.64. The molecule has 5 nitrogen and oxygen atoms in total. The van der Waals surface area contributed by atoms with E-state index in [1.807, 2.05) is 54.6 Å². The standard InChI is InChI=1S/C18H17N3O2S2/c1-23-15-9-7-13(8-10-15)11-24-12-16(22)19-18-21-20-17(25-18)14-5-3-2-4-6-14/h2-10H,11-12H2,1H3,(H,19,21,22). The zero-order valence-corrected chi connectivity index (χ0v) is 15.3. The highest BCUT2D eigenvalue weighted by Crippen LogP contribution is 2.26. The first kappa shape index (κ1) is 17.4. The first-order chi connectivity index (χ1) is 12.2. The van der Waals surface area contributed by atoms with Gasteiger partial charge in [0.05, 0.1) is 12.9 Å². The number of nitrogens with zero attached hydrogens (tertiary/aromatic N) is 2. The van der Waals surface area contributed by atoms with E-state index in [9.17, 15) is 4.79 Å². The van der Waals surface area contributed by atoms with Crippen molar-refractivity contribution >= 4 is 34.1 Å². The van der Waals surface area contributed by atoms with Crippen molar-refractivity contribution in [2.45, 2.75) is 5.75 Å². The number of thioether (sulfide) groups is 1. The number of methoxy groups -OCH3 is 1. The summed E-state index contributed by atoms with van der Waals surface area (Å²) in [4.78, 5) is 12.0. The summed E-state index contributed by atoms with van der Waals surface area (Å²) in [6, 6.07) is 17.6. The molecule has 0 unspecified atom stereocenters. The quantitative estimate of drug-likeness (QED) is 0.678. The van der Waals surface area contributed by atoms with Crippen molar-refractivity contribution in [2.24, 2.45) is 0 Å². The molecule has 1 heterocycles. The van der Waals surface area contributed by atoms with Crippen molar-refractivity contribution in [1.82, 2.24) is 10.2 Å². The van der Waals surface area contributed by atoms with Crippen molar-refractivity contribution in [3.05, 3.63) is 60.2 Å². The highest BCUT2D eigenvalue weighted by atomic mass is 32.2. The van der Waals surface area contributed by atoms with Crippen LogP contribution in [0.15, 0.2) is 54.6 Å². The van der Waals surface area contributed by atoms with Gasteiger partial charge in [0, 0.05) is 11.3 Å². The first-order valence-electron chi connectivity index (χ1n) is 7.64. The Bertz CT molecular complexity index is 820. The minimum Gasteiger partial charge on any atom is -0.497 e. The predicted octanol–water partition coefficient (Wildman–Crippen LogP) is 4.09. The van der Waals surface area contributed by atoms with E-state index in [0.717, 1.165) is 27.6 Å². The Kier molecular flexibility index (Phi) is 6.03. The summed E-state index contributed by atoms with van der Waals surface area (Å²) in [5.74, 6) is 1.89. The number of rotatable bonds is 7. The van der Waals surface area contributed by atoms with Gasteiger partial charge in [-0.1, -0.05) is 53.8 Å². The molecule has 3 aromatic rings. The van der Waals surface area contributed by atoms with Gasteiger partial charge in [0.25, 0.3) is 0 Å². The highest BCUT2D eigenvalue weighted by molar-refractivity contribution is 7.99. The van der Waals surface area contributed by atoms with E-state index < -0.39 is 0 Å². The lowest BCUT2D eigenvalue weighted by molar-refractivity contribution is -0.113. The number of benzene rings is 2. The summed E-state index contributed by atoms with van der Waals surface area (Å²) < 4.78 is 5.13. The highest BCUT2D eigenvalue weighted by Gasteiger charge is 2.09. The third-order valence-corrected chi connectivity index (χ3v) is 5.24. The third kappa shape index (κ3) is 5.04. The lowest BCUT2D eigenvalue weighted by atomic mass is 10.2. The van der Waals surface area contributed by atoms with E-state index >= 15 is 0 Å². The number of aromatic nitrogens is 2. The summed E-state index contributed by atoms with van der Waals surface area (Å²) >= 11 is 2.92. The molecule has 1 amide bonds. The zero-order valence-electron chi connectivity index (χ0n) is 13.6. The van der Waals surface area contributed by atoms with E-state index in [1.54, 1.807) is 18.9 Å². The van der Waals surface area contributed by atoms with Gasteiger partial charge in [-0.2, -0.15) is 0 Å². The molecule has 0 bridgehead atoms. The molecule has 0 fully saturated rings. The van der Waals surface area contributed by atoms with Crippen LogP contribution in [0.25, 0.3) is 10.6 Å². The van der Waals surface area contributed by atoms with E-state index in [-0.39, 0.29) is 5.91 Å². The molecular weight excluding hydrogens is 354 g/mol. The number of carbonyl (C=O) groups is 1. The van der Waals surface area contributed by atoms with Crippen molar-refractivity contribution < 1.29 is 9.53 Å². The predicted molar refractivity (Wildman–Crippen MR) is 103 cm³/mol. The number of anilines is 1. The summed E-state index contributed by atoms with van der Waals surface area (Å²) in [5, 5.41) is 12.3. The van der Waals surface area contributed by atoms with Crippen LogP contribution < -0.4 is 10.1 Å². The molecule has 0 spiro atoms. The summed E-state index contributed by atoms with van der Waals surface area (Å²) in [6.07, 6.45) is 0. The Morgan fingerprint density at radius 2 is 1.88 bits per heavy atom. The Labute approximate surface area is 154 Å². The molecule has 25 heavy (non-hydrogen) atoms. The molecule has 0 saturated heterocycles. The molecule has 1 N–H and O–H groups in total. The van der Waals surface area contributed by atoms with Gasteiger partial charge in [0.1, 0.15) is 10.8 Å². The van der Waals surface area contributed by atoms with Crippen LogP contribution in [-0.2, 0) is 10.5 Å². The fourth-order valence-corrected chi connectivity index (χ4v) is 3.66. The molecule has 128 valence electrons. The topological polar surface area (TPSA) is 64.1 Å². The van der Waals surface area contributed by atoms with Crippen molar-refractivity contribution in [1.29, 1.82) is 0 Å². The molecular formula is C18H17N3O2S2. The second-order valence-electron chi connectivity index (χ2n) is 5.17. The van der Waals surface area contributed by atoms with Crippen molar-refractivity contribution in [3.63, 3.8) is 0 Å². The van der Waals surface area contributed by atoms with Crippen LogP contribution in [0.5, 0.6) is 5.75 Å². The van der Waals surface area contributed by atoms with Crippen molar-refractivity contribution in [3.8, 4) is 16.3 Å². The zero-order chi connectivity index (χ0) is 17.5. The second-order valence-corrected chi connectivity index (χ2v) is 7.13. The first-order valence-corrected chi connectivity index (χ1v) is 9.61. The minimum absolute atomic E-state index is 0.0747. The Morgan fingerprint density at radius 3 is 2.60 bits per heavy atom. The SMILES string of the molecule is COc1ccc(CSCC(=O)Nc2nnc(-c3ccccc3)s2)cc1. The van der Waals surface area contributed by atoms with E-state index in [1.165, 1.54) is 11.3 Å². The summed E-state index contributed by atoms with van der Waals surface area (Å²) in [6.45, 7) is 0. The van der Waals surface area contributed by atoms with Gasteiger partial charge in [0.2, 0.25) is 11.0 Å². The Hall–Kier alpha value is -2.38. The average molecular weight is 371 g/mol. The van der Waals surface area contributed by atoms with Crippen molar-refractivity contribution in [2.75, 3.05) is 18.2 Å². The fourth-order valence-electron chi connectivity index (χ4n) is 2.11. The largest absolute Gasteiger partial charge is 0.497 e. The number of carbonyl (C=O) groups excluding carboxylic acids is 1. The van der Waals surface area contributed by atoms with Gasteiger partial charge in [-0.05, 0) is 17.7 Å². The molecule has 0 atom stereocenters. The average Bonchev–Trinajstić information content (AvgIpc) is 3.11. The molecule has 1 aromatic heterocycles. The summed E-state index contributed by atoms with van der Waals surface area (Å²) in [5.41, 5.74) is 2.15. The number of hydrogen-bond acceptors (Lipinski definition) is 6. The van der Waals surface area contributed by atoms with Gasteiger partial charge in [-0.3, -0.25) is 10.1 Å². The van der Waals surface area contributed by atoms with Crippen LogP contribution in [0.3, 0.4) is 0 Å². The van der Waals surface area contributed by atoms with Gasteiger partial charge in [-0.15, -0.1) is 22.0 Å². The smallest absolute Gasteiger partial charge is 0.236 e. The molecule has 0 aliphatic rings. The van der Waals surface area contributed by atoms with E-state index in [2.05, 4.69) is 15.5 Å². The van der Waals surface area contributed by atoms with Gasteiger partial charge < -0.3 is 4.74 Å². The minimum atomic E-state index is -0.0747. The Balaban J connectivity index is 1.47. The molecule has 2 aromatic carbocycles. The maximum Gasteiger partial charge on any atom is 0.236 e. The molecule has 0 aliphatic heterocycles. The third-order valence-electron chi connectivity index (χ3n) is 3.35. The number of nitrogens with one attached hydrogen (secondary N) is 1. The van der Waals surface area contributed by atoms with E-state index in [0.29, 0.717) is 10.9 Å². The molecule has 0 saturated carbocycles. The Morgan fingerprint density at radius 1 is 1.12 bits per heavy atom. The van der Waals surface area contributed by atoms with Gasteiger partial charge >= 0.3 is 0 Å². The van der Waals surface area contributed by atoms with Gasteiger partial charge in [-0.25, -0.2) is 0 Å².